The fraction of sp³-hybridized carbons (Fsp3) is 0.176. The lowest BCUT2D eigenvalue weighted by atomic mass is 10.0. The van der Waals surface area contributed by atoms with Crippen molar-refractivity contribution in [2.75, 3.05) is 6.61 Å². The van der Waals surface area contributed by atoms with Gasteiger partial charge in [-0.05, 0) is 53.5 Å². The first-order chi connectivity index (χ1) is 10.4. The lowest BCUT2D eigenvalue weighted by Gasteiger charge is -2.08. The van der Waals surface area contributed by atoms with Crippen molar-refractivity contribution in [2.45, 2.75) is 13.8 Å². The Bertz CT molecular complexity index is 741. The molecule has 0 amide bonds. The molecule has 0 N–H and O–H groups in total. The van der Waals surface area contributed by atoms with E-state index in [0.717, 1.165) is 17.2 Å². The average molecular weight is 365 g/mol. The molecule has 2 aromatic rings. The molecule has 0 spiro atoms. The SMILES string of the molecule is Cc1ccc(C(=O)COC(=O)c2cc(F)ccc2Br)c(C)c1. The van der Waals surface area contributed by atoms with E-state index in [9.17, 15) is 14.0 Å². The molecule has 2 rings (SSSR count). The maximum Gasteiger partial charge on any atom is 0.339 e. The fourth-order valence-electron chi connectivity index (χ4n) is 2.07. The van der Waals surface area contributed by atoms with Gasteiger partial charge in [-0.15, -0.1) is 0 Å². The number of carbonyl (C=O) groups is 2. The third-order valence-corrected chi connectivity index (χ3v) is 3.86. The Morgan fingerprint density at radius 3 is 2.50 bits per heavy atom. The van der Waals surface area contributed by atoms with Crippen LogP contribution in [0.2, 0.25) is 0 Å². The first-order valence-electron chi connectivity index (χ1n) is 6.61. The molecule has 22 heavy (non-hydrogen) atoms. The largest absolute Gasteiger partial charge is 0.454 e. The number of aryl methyl sites for hydroxylation is 2. The van der Waals surface area contributed by atoms with Crippen LogP contribution in [0.4, 0.5) is 4.39 Å². The molecule has 0 unspecified atom stereocenters. The second-order valence-electron chi connectivity index (χ2n) is 4.94. The van der Waals surface area contributed by atoms with Crippen LogP contribution in [0.1, 0.15) is 31.8 Å². The molecular formula is C17H14BrFO3. The topological polar surface area (TPSA) is 43.4 Å². The van der Waals surface area contributed by atoms with E-state index in [-0.39, 0.29) is 18.0 Å². The molecule has 114 valence electrons. The van der Waals surface area contributed by atoms with E-state index in [2.05, 4.69) is 15.9 Å². The van der Waals surface area contributed by atoms with Crippen LogP contribution in [0.25, 0.3) is 0 Å². The first-order valence-corrected chi connectivity index (χ1v) is 7.40. The fourth-order valence-corrected chi connectivity index (χ4v) is 2.48. The summed E-state index contributed by atoms with van der Waals surface area (Å²) < 4.78 is 18.6. The Labute approximate surface area is 136 Å². The van der Waals surface area contributed by atoms with Gasteiger partial charge in [-0.25, -0.2) is 9.18 Å². The van der Waals surface area contributed by atoms with Gasteiger partial charge in [-0.1, -0.05) is 23.8 Å². The normalized spacial score (nSPS) is 10.4. The average Bonchev–Trinajstić information content (AvgIpc) is 2.47. The van der Waals surface area contributed by atoms with Gasteiger partial charge in [0, 0.05) is 10.0 Å². The number of halogens is 2. The van der Waals surface area contributed by atoms with Crippen LogP contribution < -0.4 is 0 Å². The molecule has 0 radical (unpaired) electrons. The summed E-state index contributed by atoms with van der Waals surface area (Å²) in [6.07, 6.45) is 0. The summed E-state index contributed by atoms with van der Waals surface area (Å²) in [6, 6.07) is 9.12. The van der Waals surface area contributed by atoms with Gasteiger partial charge in [0.2, 0.25) is 5.78 Å². The molecule has 0 aliphatic carbocycles. The van der Waals surface area contributed by atoms with Gasteiger partial charge < -0.3 is 4.74 Å². The van der Waals surface area contributed by atoms with Crippen molar-refractivity contribution in [1.82, 2.24) is 0 Å². The molecule has 0 aliphatic heterocycles. The number of esters is 1. The molecule has 0 fully saturated rings. The highest BCUT2D eigenvalue weighted by atomic mass is 79.9. The van der Waals surface area contributed by atoms with Crippen molar-refractivity contribution in [3.05, 3.63) is 68.9 Å². The van der Waals surface area contributed by atoms with E-state index in [1.807, 2.05) is 26.0 Å². The maximum atomic E-state index is 13.2. The minimum absolute atomic E-state index is 0.0495. The molecule has 0 saturated heterocycles. The van der Waals surface area contributed by atoms with Crippen molar-refractivity contribution in [3.63, 3.8) is 0 Å². The minimum atomic E-state index is -0.746. The lowest BCUT2D eigenvalue weighted by Crippen LogP contribution is -2.15. The van der Waals surface area contributed by atoms with E-state index < -0.39 is 11.8 Å². The molecular weight excluding hydrogens is 351 g/mol. The quantitative estimate of drug-likeness (QED) is 0.601. The Hall–Kier alpha value is -2.01. The summed E-state index contributed by atoms with van der Waals surface area (Å²) >= 11 is 3.15. The Morgan fingerprint density at radius 2 is 1.82 bits per heavy atom. The van der Waals surface area contributed by atoms with Crippen LogP contribution in [0.5, 0.6) is 0 Å². The highest BCUT2D eigenvalue weighted by molar-refractivity contribution is 9.10. The Balaban J connectivity index is 2.07. The number of hydrogen-bond acceptors (Lipinski definition) is 3. The number of carbonyl (C=O) groups excluding carboxylic acids is 2. The number of ketones is 1. The van der Waals surface area contributed by atoms with Gasteiger partial charge in [-0.2, -0.15) is 0 Å². The molecule has 0 heterocycles. The highest BCUT2D eigenvalue weighted by Gasteiger charge is 2.16. The predicted octanol–water partition coefficient (Wildman–Crippen LogP) is 4.24. The Kier molecular flexibility index (Phi) is 5.08. The second kappa shape index (κ2) is 6.83. The van der Waals surface area contributed by atoms with Gasteiger partial charge in [0.15, 0.2) is 6.61 Å². The van der Waals surface area contributed by atoms with Crippen molar-refractivity contribution in [3.8, 4) is 0 Å². The summed E-state index contributed by atoms with van der Waals surface area (Å²) in [5, 5.41) is 0. The smallest absolute Gasteiger partial charge is 0.339 e. The number of benzene rings is 2. The summed E-state index contributed by atoms with van der Waals surface area (Å²) in [5.41, 5.74) is 2.44. The van der Waals surface area contributed by atoms with Crippen molar-refractivity contribution >= 4 is 27.7 Å². The van der Waals surface area contributed by atoms with Crippen LogP contribution in [0.15, 0.2) is 40.9 Å². The molecule has 0 saturated carbocycles. The Morgan fingerprint density at radius 1 is 1.09 bits per heavy atom. The molecule has 2 aromatic carbocycles. The minimum Gasteiger partial charge on any atom is -0.454 e. The van der Waals surface area contributed by atoms with Crippen molar-refractivity contribution in [2.24, 2.45) is 0 Å². The van der Waals surface area contributed by atoms with E-state index >= 15 is 0 Å². The number of hydrogen-bond donors (Lipinski definition) is 0. The molecule has 0 atom stereocenters. The molecule has 0 bridgehead atoms. The third-order valence-electron chi connectivity index (χ3n) is 3.16. The van der Waals surface area contributed by atoms with E-state index in [1.54, 1.807) is 6.07 Å². The van der Waals surface area contributed by atoms with Crippen LogP contribution in [-0.4, -0.2) is 18.4 Å². The van der Waals surface area contributed by atoms with Crippen LogP contribution in [0.3, 0.4) is 0 Å². The number of rotatable bonds is 4. The van der Waals surface area contributed by atoms with E-state index in [1.165, 1.54) is 12.1 Å². The molecule has 0 aliphatic rings. The van der Waals surface area contributed by atoms with Gasteiger partial charge in [0.05, 0.1) is 5.56 Å². The summed E-state index contributed by atoms with van der Waals surface area (Å²) in [5.74, 6) is -1.58. The predicted molar refractivity (Wildman–Crippen MR) is 84.6 cm³/mol. The van der Waals surface area contributed by atoms with Gasteiger partial charge >= 0.3 is 5.97 Å². The molecule has 5 heteroatoms. The third kappa shape index (κ3) is 3.80. The van der Waals surface area contributed by atoms with Crippen molar-refractivity contribution in [1.29, 1.82) is 0 Å². The highest BCUT2D eigenvalue weighted by Crippen LogP contribution is 2.19. The zero-order chi connectivity index (χ0) is 16.3. The van der Waals surface area contributed by atoms with Crippen LogP contribution in [0, 0.1) is 19.7 Å². The van der Waals surface area contributed by atoms with Crippen LogP contribution >= 0.6 is 15.9 Å². The zero-order valence-corrected chi connectivity index (χ0v) is 13.7. The maximum absolute atomic E-state index is 13.2. The molecule has 3 nitrogen and oxygen atoms in total. The summed E-state index contributed by atoms with van der Waals surface area (Å²) in [7, 11) is 0. The number of ether oxygens (including phenoxy) is 1. The summed E-state index contributed by atoms with van der Waals surface area (Å²) in [4.78, 5) is 24.0. The first kappa shape index (κ1) is 16.4. The van der Waals surface area contributed by atoms with Crippen molar-refractivity contribution < 1.29 is 18.7 Å². The standard InChI is InChI=1S/C17H14BrFO3/c1-10-3-5-13(11(2)7-10)16(20)9-22-17(21)14-8-12(19)4-6-15(14)18/h3-8H,9H2,1-2H3. The van der Waals surface area contributed by atoms with E-state index in [4.69, 9.17) is 4.74 Å². The summed E-state index contributed by atoms with van der Waals surface area (Å²) in [6.45, 7) is 3.37. The number of Topliss-reactive ketones (excluding diaryl/α,β-unsaturated/α-hetero) is 1. The van der Waals surface area contributed by atoms with Gasteiger partial charge in [0.25, 0.3) is 0 Å². The molecule has 0 aromatic heterocycles. The van der Waals surface area contributed by atoms with Gasteiger partial charge in [-0.3, -0.25) is 4.79 Å². The zero-order valence-electron chi connectivity index (χ0n) is 12.2. The van der Waals surface area contributed by atoms with E-state index in [0.29, 0.717) is 10.0 Å². The monoisotopic (exact) mass is 364 g/mol. The lowest BCUT2D eigenvalue weighted by molar-refractivity contribution is 0.0473. The second-order valence-corrected chi connectivity index (χ2v) is 5.80. The van der Waals surface area contributed by atoms with Gasteiger partial charge in [0.1, 0.15) is 5.82 Å². The van der Waals surface area contributed by atoms with Crippen LogP contribution in [-0.2, 0) is 4.74 Å².